The monoisotopic (exact) mass is 396 g/mol. The number of esters is 1. The predicted octanol–water partition coefficient (Wildman–Crippen LogP) is 4.71. The fourth-order valence-electron chi connectivity index (χ4n) is 3.77. The van der Waals surface area contributed by atoms with E-state index in [1.54, 1.807) is 12.1 Å². The number of ether oxygens (including phenoxy) is 1. The van der Waals surface area contributed by atoms with Crippen molar-refractivity contribution in [2.75, 3.05) is 0 Å². The fourth-order valence-corrected chi connectivity index (χ4v) is 3.77. The van der Waals surface area contributed by atoms with Gasteiger partial charge in [-0.1, -0.05) is 27.2 Å². The fraction of sp³-hybridized carbons (Fsp3) is 0.522. The van der Waals surface area contributed by atoms with Gasteiger partial charge >= 0.3 is 5.97 Å². The summed E-state index contributed by atoms with van der Waals surface area (Å²) in [6.07, 6.45) is 8.26. The molecule has 0 spiro atoms. The van der Waals surface area contributed by atoms with Crippen LogP contribution in [0.2, 0.25) is 0 Å². The zero-order valence-electron chi connectivity index (χ0n) is 17.3. The number of furan rings is 1. The molecule has 1 amide bonds. The number of rotatable bonds is 5. The van der Waals surface area contributed by atoms with Crippen molar-refractivity contribution in [3.8, 4) is 6.07 Å². The minimum Gasteiger partial charge on any atom is -0.471 e. The standard InChI is InChI=1S/C23H28N2O4/c1-23(2,3)19(11-20(26)29-17-7-5-4-6-8-17)25-22(27)21-15(12-24)9-10-16-13-28-14-18(16)21/h9-10,13-14,17,19H,4-8,11H2,1-3H3,(H,25,27). The summed E-state index contributed by atoms with van der Waals surface area (Å²) in [5.41, 5.74) is 0.181. The average molecular weight is 396 g/mol. The second kappa shape index (κ2) is 8.69. The maximum atomic E-state index is 13.1. The van der Waals surface area contributed by atoms with Crippen molar-refractivity contribution in [1.82, 2.24) is 5.32 Å². The maximum absolute atomic E-state index is 13.1. The van der Waals surface area contributed by atoms with E-state index in [0.717, 1.165) is 31.1 Å². The third-order valence-electron chi connectivity index (χ3n) is 5.58. The molecule has 154 valence electrons. The Morgan fingerprint density at radius 2 is 1.97 bits per heavy atom. The Kier molecular flexibility index (Phi) is 6.26. The molecule has 1 aromatic heterocycles. The van der Waals surface area contributed by atoms with Gasteiger partial charge in [0, 0.05) is 16.8 Å². The largest absolute Gasteiger partial charge is 0.471 e. The molecule has 1 saturated carbocycles. The molecule has 0 aliphatic heterocycles. The van der Waals surface area contributed by atoms with Crippen LogP contribution in [0.1, 0.15) is 75.2 Å². The first-order valence-corrected chi connectivity index (χ1v) is 10.2. The number of fused-ring (bicyclic) bond motifs is 1. The topological polar surface area (TPSA) is 92.3 Å². The van der Waals surface area contributed by atoms with E-state index in [0.29, 0.717) is 5.39 Å². The summed E-state index contributed by atoms with van der Waals surface area (Å²) >= 11 is 0. The second-order valence-electron chi connectivity index (χ2n) is 8.82. The second-order valence-corrected chi connectivity index (χ2v) is 8.82. The van der Waals surface area contributed by atoms with E-state index < -0.39 is 6.04 Å². The SMILES string of the molecule is CC(C)(C)C(CC(=O)OC1CCCCC1)NC(=O)c1c(C#N)ccc2cocc12. The van der Waals surface area contributed by atoms with E-state index in [4.69, 9.17) is 9.15 Å². The summed E-state index contributed by atoms with van der Waals surface area (Å²) in [7, 11) is 0. The molecule has 2 aromatic rings. The molecule has 1 aromatic carbocycles. The van der Waals surface area contributed by atoms with E-state index in [2.05, 4.69) is 11.4 Å². The quantitative estimate of drug-likeness (QED) is 0.739. The Morgan fingerprint density at radius 3 is 2.62 bits per heavy atom. The van der Waals surface area contributed by atoms with E-state index in [1.165, 1.54) is 18.9 Å². The summed E-state index contributed by atoms with van der Waals surface area (Å²) < 4.78 is 10.9. The van der Waals surface area contributed by atoms with E-state index >= 15 is 0 Å². The minimum absolute atomic E-state index is 0.0163. The normalized spacial score (nSPS) is 16.2. The van der Waals surface area contributed by atoms with Crippen molar-refractivity contribution in [1.29, 1.82) is 5.26 Å². The number of benzene rings is 1. The van der Waals surface area contributed by atoms with Crippen molar-refractivity contribution in [3.05, 3.63) is 35.8 Å². The molecule has 1 fully saturated rings. The first kappa shape index (κ1) is 20.9. The smallest absolute Gasteiger partial charge is 0.308 e. The van der Waals surface area contributed by atoms with Crippen molar-refractivity contribution in [2.24, 2.45) is 5.41 Å². The Labute approximate surface area is 171 Å². The lowest BCUT2D eigenvalue weighted by molar-refractivity contribution is -0.151. The van der Waals surface area contributed by atoms with Gasteiger partial charge in [0.15, 0.2) is 0 Å². The molecule has 6 nitrogen and oxygen atoms in total. The van der Waals surface area contributed by atoms with Crippen LogP contribution in [0.4, 0.5) is 0 Å². The van der Waals surface area contributed by atoms with Gasteiger partial charge in [0.05, 0.1) is 36.1 Å². The molecular formula is C23H28N2O4. The number of hydrogen-bond acceptors (Lipinski definition) is 5. The maximum Gasteiger partial charge on any atom is 0.308 e. The van der Waals surface area contributed by atoms with Gasteiger partial charge < -0.3 is 14.5 Å². The Hall–Kier alpha value is -2.81. The summed E-state index contributed by atoms with van der Waals surface area (Å²) in [6.45, 7) is 5.90. The molecule has 1 aliphatic carbocycles. The lowest BCUT2D eigenvalue weighted by Crippen LogP contribution is -2.45. The number of nitrogens with zero attached hydrogens (tertiary/aromatic N) is 1. The van der Waals surface area contributed by atoms with Crippen LogP contribution in [-0.2, 0) is 9.53 Å². The van der Waals surface area contributed by atoms with Gasteiger partial charge in [-0.3, -0.25) is 9.59 Å². The van der Waals surface area contributed by atoms with Crippen LogP contribution in [0.25, 0.3) is 10.8 Å². The van der Waals surface area contributed by atoms with E-state index in [1.807, 2.05) is 20.8 Å². The Morgan fingerprint density at radius 1 is 1.24 bits per heavy atom. The summed E-state index contributed by atoms with van der Waals surface area (Å²) in [6, 6.07) is 4.99. The van der Waals surface area contributed by atoms with Crippen molar-refractivity contribution in [3.63, 3.8) is 0 Å². The number of hydrogen-bond donors (Lipinski definition) is 1. The Balaban J connectivity index is 1.77. The van der Waals surface area contributed by atoms with Crippen LogP contribution in [0.3, 0.4) is 0 Å². The van der Waals surface area contributed by atoms with Gasteiger partial charge in [-0.15, -0.1) is 0 Å². The van der Waals surface area contributed by atoms with Gasteiger partial charge in [0.25, 0.3) is 5.91 Å². The molecule has 6 heteroatoms. The van der Waals surface area contributed by atoms with Crippen LogP contribution in [0, 0.1) is 16.7 Å². The number of nitrogens with one attached hydrogen (secondary N) is 1. The summed E-state index contributed by atoms with van der Waals surface area (Å²) in [5, 5.41) is 13.7. The lowest BCUT2D eigenvalue weighted by atomic mass is 9.84. The van der Waals surface area contributed by atoms with Crippen LogP contribution in [0.5, 0.6) is 0 Å². The lowest BCUT2D eigenvalue weighted by Gasteiger charge is -2.32. The van der Waals surface area contributed by atoms with Crippen molar-refractivity contribution < 1.29 is 18.7 Å². The van der Waals surface area contributed by atoms with Crippen LogP contribution < -0.4 is 5.32 Å². The first-order valence-electron chi connectivity index (χ1n) is 10.2. The number of nitriles is 1. The highest BCUT2D eigenvalue weighted by molar-refractivity contribution is 6.09. The highest BCUT2D eigenvalue weighted by Crippen LogP contribution is 2.27. The van der Waals surface area contributed by atoms with Crippen LogP contribution >= 0.6 is 0 Å². The van der Waals surface area contributed by atoms with Gasteiger partial charge in [0.1, 0.15) is 6.10 Å². The molecule has 0 bridgehead atoms. The third kappa shape index (κ3) is 4.97. The van der Waals surface area contributed by atoms with Crippen LogP contribution in [0.15, 0.2) is 29.1 Å². The molecule has 1 unspecified atom stereocenters. The molecular weight excluding hydrogens is 368 g/mol. The summed E-state index contributed by atoms with van der Waals surface area (Å²) in [5.74, 6) is -0.682. The molecule has 1 heterocycles. The average Bonchev–Trinajstić information content (AvgIpc) is 3.15. The van der Waals surface area contributed by atoms with Gasteiger partial charge in [-0.25, -0.2) is 0 Å². The van der Waals surface area contributed by atoms with Gasteiger partial charge in [0.2, 0.25) is 0 Å². The van der Waals surface area contributed by atoms with Gasteiger partial charge in [-0.05, 0) is 43.2 Å². The zero-order valence-corrected chi connectivity index (χ0v) is 17.3. The molecule has 29 heavy (non-hydrogen) atoms. The highest BCUT2D eigenvalue weighted by atomic mass is 16.5. The molecule has 1 aliphatic rings. The number of carbonyl (C=O) groups is 2. The van der Waals surface area contributed by atoms with Crippen molar-refractivity contribution in [2.45, 2.75) is 71.4 Å². The van der Waals surface area contributed by atoms with Crippen LogP contribution in [-0.4, -0.2) is 24.0 Å². The minimum atomic E-state index is -0.431. The predicted molar refractivity (Wildman–Crippen MR) is 109 cm³/mol. The molecule has 0 saturated heterocycles. The molecule has 0 radical (unpaired) electrons. The van der Waals surface area contributed by atoms with Crippen molar-refractivity contribution >= 4 is 22.6 Å². The number of carbonyl (C=O) groups excluding carboxylic acids is 2. The van der Waals surface area contributed by atoms with E-state index in [9.17, 15) is 14.9 Å². The zero-order chi connectivity index (χ0) is 21.0. The molecule has 1 N–H and O–H groups in total. The third-order valence-corrected chi connectivity index (χ3v) is 5.58. The number of amides is 1. The molecule has 1 atom stereocenters. The first-order chi connectivity index (χ1) is 13.8. The molecule has 3 rings (SSSR count). The Bertz CT molecular complexity index is 926. The van der Waals surface area contributed by atoms with E-state index in [-0.39, 0.29) is 40.9 Å². The van der Waals surface area contributed by atoms with Gasteiger partial charge in [-0.2, -0.15) is 5.26 Å². The summed E-state index contributed by atoms with van der Waals surface area (Å²) in [4.78, 5) is 25.6. The highest BCUT2D eigenvalue weighted by Gasteiger charge is 2.31.